The highest BCUT2D eigenvalue weighted by Crippen LogP contribution is 2.30. The number of rotatable bonds is 7. The van der Waals surface area contributed by atoms with Crippen LogP contribution in [0.3, 0.4) is 0 Å². The number of anilines is 2. The van der Waals surface area contributed by atoms with Crippen LogP contribution in [0.2, 0.25) is 0 Å². The number of carbonyl (C=O) groups excluding carboxylic acids is 2. The van der Waals surface area contributed by atoms with E-state index in [0.29, 0.717) is 17.4 Å². The molecule has 5 nitrogen and oxygen atoms in total. The molecule has 0 aliphatic heterocycles. The zero-order valence-electron chi connectivity index (χ0n) is 18.9. The van der Waals surface area contributed by atoms with Gasteiger partial charge in [0.2, 0.25) is 0 Å². The van der Waals surface area contributed by atoms with Crippen molar-refractivity contribution in [3.05, 3.63) is 89.5 Å². The molecule has 2 N–H and O–H groups in total. The summed E-state index contributed by atoms with van der Waals surface area (Å²) in [7, 11) is 0. The lowest BCUT2D eigenvalue weighted by Gasteiger charge is -2.16. The molecule has 0 saturated carbocycles. The van der Waals surface area contributed by atoms with Gasteiger partial charge in [-0.15, -0.1) is 0 Å². The standard InChI is InChI=1S/C26H25F3N2O3/c1-16(2)18-10-12-23(13-11-18)34-17(3)24(32)30-21-8-4-6-19(14-21)25(33)31-22-9-5-7-20(15-22)26(27,28)29/h4-17H,1-3H3,(H,30,32)(H,31,33). The zero-order chi connectivity index (χ0) is 24.9. The molecule has 34 heavy (non-hydrogen) atoms. The highest BCUT2D eigenvalue weighted by atomic mass is 19.4. The minimum Gasteiger partial charge on any atom is -0.481 e. The van der Waals surface area contributed by atoms with Crippen molar-refractivity contribution in [2.24, 2.45) is 0 Å². The largest absolute Gasteiger partial charge is 0.481 e. The summed E-state index contributed by atoms with van der Waals surface area (Å²) in [5, 5.41) is 5.13. The lowest BCUT2D eigenvalue weighted by Crippen LogP contribution is -2.30. The predicted octanol–water partition coefficient (Wildman–Crippen LogP) is 6.49. The molecule has 1 atom stereocenters. The van der Waals surface area contributed by atoms with Gasteiger partial charge in [-0.1, -0.05) is 38.1 Å². The molecule has 3 aromatic carbocycles. The number of hydrogen-bond donors (Lipinski definition) is 2. The summed E-state index contributed by atoms with van der Waals surface area (Å²) in [5.41, 5.74) is 0.837. The number of alkyl halides is 3. The van der Waals surface area contributed by atoms with Crippen LogP contribution in [0, 0.1) is 0 Å². The van der Waals surface area contributed by atoms with Crippen molar-refractivity contribution in [1.29, 1.82) is 0 Å². The van der Waals surface area contributed by atoms with Crippen molar-refractivity contribution in [3.8, 4) is 5.75 Å². The number of halogens is 3. The van der Waals surface area contributed by atoms with Gasteiger partial charge >= 0.3 is 6.18 Å². The zero-order valence-corrected chi connectivity index (χ0v) is 18.9. The quantitative estimate of drug-likeness (QED) is 0.415. The molecule has 8 heteroatoms. The number of hydrogen-bond acceptors (Lipinski definition) is 3. The SMILES string of the molecule is CC(Oc1ccc(C(C)C)cc1)C(=O)Nc1cccc(C(=O)Nc2cccc(C(F)(F)F)c2)c1. The maximum absolute atomic E-state index is 12.9. The van der Waals surface area contributed by atoms with Gasteiger partial charge in [0.1, 0.15) is 5.75 Å². The predicted molar refractivity (Wildman–Crippen MR) is 125 cm³/mol. The van der Waals surface area contributed by atoms with E-state index in [1.54, 1.807) is 31.2 Å². The molecular formula is C26H25F3N2O3. The Labute approximate surface area is 195 Å². The van der Waals surface area contributed by atoms with Crippen LogP contribution in [0.1, 0.15) is 48.2 Å². The van der Waals surface area contributed by atoms with E-state index in [0.717, 1.165) is 17.7 Å². The summed E-state index contributed by atoms with van der Waals surface area (Å²) < 4.78 is 44.4. The second-order valence-electron chi connectivity index (χ2n) is 8.09. The number of nitrogens with one attached hydrogen (secondary N) is 2. The van der Waals surface area contributed by atoms with Crippen LogP contribution in [0.5, 0.6) is 5.75 Å². The summed E-state index contributed by atoms with van der Waals surface area (Å²) >= 11 is 0. The van der Waals surface area contributed by atoms with E-state index in [4.69, 9.17) is 4.74 Å². The van der Waals surface area contributed by atoms with Crippen molar-refractivity contribution in [2.45, 2.75) is 39.0 Å². The highest BCUT2D eigenvalue weighted by Gasteiger charge is 2.30. The van der Waals surface area contributed by atoms with Crippen molar-refractivity contribution in [2.75, 3.05) is 10.6 Å². The monoisotopic (exact) mass is 470 g/mol. The Hall–Kier alpha value is -3.81. The van der Waals surface area contributed by atoms with Crippen molar-refractivity contribution >= 4 is 23.2 Å². The molecule has 0 heterocycles. The van der Waals surface area contributed by atoms with Crippen LogP contribution in [-0.2, 0) is 11.0 Å². The first-order valence-corrected chi connectivity index (χ1v) is 10.7. The van der Waals surface area contributed by atoms with Gasteiger partial charge in [-0.25, -0.2) is 0 Å². The smallest absolute Gasteiger partial charge is 0.416 e. The lowest BCUT2D eigenvalue weighted by molar-refractivity contribution is -0.137. The van der Waals surface area contributed by atoms with Crippen LogP contribution in [0.25, 0.3) is 0 Å². The minimum atomic E-state index is -4.51. The normalized spacial score (nSPS) is 12.2. The van der Waals surface area contributed by atoms with E-state index in [9.17, 15) is 22.8 Å². The summed E-state index contributed by atoms with van der Waals surface area (Å²) in [5.74, 6) is -0.0811. The Kier molecular flexibility index (Phi) is 7.61. The molecule has 0 aliphatic rings. The summed E-state index contributed by atoms with van der Waals surface area (Å²) in [6, 6.07) is 17.9. The summed E-state index contributed by atoms with van der Waals surface area (Å²) in [6.45, 7) is 5.77. The molecule has 0 aromatic heterocycles. The van der Waals surface area contributed by atoms with Crippen molar-refractivity contribution < 1.29 is 27.5 Å². The molecule has 0 saturated heterocycles. The number of amides is 2. The number of benzene rings is 3. The third-order valence-corrected chi connectivity index (χ3v) is 5.07. The van der Waals surface area contributed by atoms with Crippen LogP contribution in [0.15, 0.2) is 72.8 Å². The van der Waals surface area contributed by atoms with E-state index in [1.807, 2.05) is 12.1 Å². The number of carbonyl (C=O) groups is 2. The van der Waals surface area contributed by atoms with Gasteiger partial charge in [0.05, 0.1) is 5.56 Å². The van der Waals surface area contributed by atoms with Crippen molar-refractivity contribution in [1.82, 2.24) is 0 Å². The highest BCUT2D eigenvalue weighted by molar-refractivity contribution is 6.05. The Bertz CT molecular complexity index is 1160. The van der Waals surface area contributed by atoms with E-state index in [-0.39, 0.29) is 11.3 Å². The number of ether oxygens (including phenoxy) is 1. The van der Waals surface area contributed by atoms with Crippen molar-refractivity contribution in [3.63, 3.8) is 0 Å². The van der Waals surface area contributed by atoms with Gasteiger partial charge in [-0.2, -0.15) is 13.2 Å². The van der Waals surface area contributed by atoms with Gasteiger partial charge in [-0.3, -0.25) is 9.59 Å². The van der Waals surface area contributed by atoms with E-state index in [2.05, 4.69) is 24.5 Å². The fraction of sp³-hybridized carbons (Fsp3) is 0.231. The van der Waals surface area contributed by atoms with Gasteiger partial charge in [-0.05, 0) is 66.9 Å². The molecule has 0 radical (unpaired) electrons. The van der Waals surface area contributed by atoms with Gasteiger partial charge in [0.25, 0.3) is 11.8 Å². The molecule has 3 aromatic rings. The van der Waals surface area contributed by atoms with Crippen LogP contribution in [-0.4, -0.2) is 17.9 Å². The molecule has 0 aliphatic carbocycles. The fourth-order valence-electron chi connectivity index (χ4n) is 3.15. The third-order valence-electron chi connectivity index (χ3n) is 5.07. The Balaban J connectivity index is 1.63. The minimum absolute atomic E-state index is 0.0137. The second kappa shape index (κ2) is 10.4. The summed E-state index contributed by atoms with van der Waals surface area (Å²) in [6.07, 6.45) is -5.31. The molecule has 0 bridgehead atoms. The molecule has 0 fully saturated rings. The van der Waals surface area contributed by atoms with E-state index < -0.39 is 29.7 Å². The molecule has 1 unspecified atom stereocenters. The van der Waals surface area contributed by atoms with E-state index >= 15 is 0 Å². The lowest BCUT2D eigenvalue weighted by atomic mass is 10.0. The Morgan fingerprint density at radius 3 is 2.06 bits per heavy atom. The van der Waals surface area contributed by atoms with Crippen LogP contribution >= 0.6 is 0 Å². The maximum atomic E-state index is 12.9. The Morgan fingerprint density at radius 1 is 0.824 bits per heavy atom. The summed E-state index contributed by atoms with van der Waals surface area (Å²) in [4.78, 5) is 25.1. The molecule has 178 valence electrons. The topological polar surface area (TPSA) is 67.4 Å². The first kappa shape index (κ1) is 24.8. The molecule has 2 amide bonds. The average molecular weight is 470 g/mol. The molecule has 0 spiro atoms. The van der Waals surface area contributed by atoms with Gasteiger partial charge in [0, 0.05) is 16.9 Å². The first-order valence-electron chi connectivity index (χ1n) is 10.7. The Morgan fingerprint density at radius 2 is 1.44 bits per heavy atom. The van der Waals surface area contributed by atoms with Crippen LogP contribution in [0.4, 0.5) is 24.5 Å². The maximum Gasteiger partial charge on any atom is 0.416 e. The van der Waals surface area contributed by atoms with Gasteiger partial charge < -0.3 is 15.4 Å². The second-order valence-corrected chi connectivity index (χ2v) is 8.09. The van der Waals surface area contributed by atoms with Crippen LogP contribution < -0.4 is 15.4 Å². The molecule has 3 rings (SSSR count). The third kappa shape index (κ3) is 6.60. The average Bonchev–Trinajstić information content (AvgIpc) is 2.79. The fourth-order valence-corrected chi connectivity index (χ4v) is 3.15. The first-order chi connectivity index (χ1) is 16.0. The van der Waals surface area contributed by atoms with E-state index in [1.165, 1.54) is 24.3 Å². The van der Waals surface area contributed by atoms with Gasteiger partial charge in [0.15, 0.2) is 6.10 Å². The molecular weight excluding hydrogens is 445 g/mol.